The number of imide groups is 2. The third-order valence-electron chi connectivity index (χ3n) is 5.67. The lowest BCUT2D eigenvalue weighted by molar-refractivity contribution is -0.122. The minimum absolute atomic E-state index is 0.180. The van der Waals surface area contributed by atoms with E-state index >= 15 is 0 Å². The van der Waals surface area contributed by atoms with Gasteiger partial charge in [0.1, 0.15) is 12.2 Å². The summed E-state index contributed by atoms with van der Waals surface area (Å²) in [6.45, 7) is 2.19. The Morgan fingerprint density at radius 1 is 1.03 bits per heavy atom. The molecule has 0 aliphatic carbocycles. The molecule has 0 saturated carbocycles. The predicted octanol–water partition coefficient (Wildman–Crippen LogP) is 6.04. The minimum atomic E-state index is -0.862. The van der Waals surface area contributed by atoms with Gasteiger partial charge in [-0.25, -0.2) is 9.69 Å². The van der Waals surface area contributed by atoms with E-state index in [1.807, 2.05) is 12.1 Å². The first-order chi connectivity index (χ1) is 17.7. The average Bonchev–Trinajstić information content (AvgIpc) is 3.31. The first-order valence-corrected chi connectivity index (χ1v) is 12.4. The molecule has 11 heteroatoms. The predicted molar refractivity (Wildman–Crippen MR) is 141 cm³/mol. The zero-order valence-electron chi connectivity index (χ0n) is 19.1. The van der Waals surface area contributed by atoms with E-state index in [1.54, 1.807) is 37.3 Å². The SMILES string of the molecule is Cc1ccc(N2C(=O)NC(=O)/C(=C/c3cc(Cl)c(OCc4ccc5c(c4)OCO5)c(Br)c3)C2=O)cc1Cl. The number of benzene rings is 3. The molecule has 0 unspecified atom stereocenters. The lowest BCUT2D eigenvalue weighted by Gasteiger charge is -2.26. The Kier molecular flexibility index (Phi) is 6.85. The number of nitrogens with zero attached hydrogens (tertiary/aromatic N) is 1. The molecule has 0 radical (unpaired) electrons. The maximum absolute atomic E-state index is 13.2. The summed E-state index contributed by atoms with van der Waals surface area (Å²) in [5, 5.41) is 2.82. The van der Waals surface area contributed by atoms with Gasteiger partial charge in [0.05, 0.1) is 15.2 Å². The van der Waals surface area contributed by atoms with Crippen LogP contribution in [0.5, 0.6) is 17.2 Å². The van der Waals surface area contributed by atoms with Crippen molar-refractivity contribution < 1.29 is 28.6 Å². The number of barbiturate groups is 1. The zero-order valence-corrected chi connectivity index (χ0v) is 22.2. The molecule has 8 nitrogen and oxygen atoms in total. The van der Waals surface area contributed by atoms with E-state index in [0.29, 0.717) is 32.3 Å². The number of rotatable bonds is 5. The lowest BCUT2D eigenvalue weighted by Crippen LogP contribution is -2.54. The Bertz CT molecular complexity index is 1480. The van der Waals surface area contributed by atoms with Gasteiger partial charge in [-0.3, -0.25) is 14.9 Å². The molecule has 188 valence electrons. The number of carbonyl (C=O) groups is 3. The summed E-state index contributed by atoms with van der Waals surface area (Å²) in [7, 11) is 0. The van der Waals surface area contributed by atoms with Crippen molar-refractivity contribution in [2.75, 3.05) is 11.7 Å². The Balaban J connectivity index is 1.39. The van der Waals surface area contributed by atoms with Gasteiger partial charge in [0.25, 0.3) is 11.8 Å². The molecule has 3 aromatic rings. The fourth-order valence-corrected chi connectivity index (χ4v) is 4.93. The van der Waals surface area contributed by atoms with Crippen molar-refractivity contribution in [2.45, 2.75) is 13.5 Å². The molecule has 4 amide bonds. The minimum Gasteiger partial charge on any atom is -0.486 e. The van der Waals surface area contributed by atoms with E-state index in [9.17, 15) is 14.4 Å². The van der Waals surface area contributed by atoms with E-state index in [1.165, 1.54) is 12.1 Å². The Hall–Kier alpha value is -3.53. The smallest absolute Gasteiger partial charge is 0.335 e. The summed E-state index contributed by atoms with van der Waals surface area (Å²) >= 11 is 16.1. The number of ether oxygens (including phenoxy) is 3. The van der Waals surface area contributed by atoms with Gasteiger partial charge < -0.3 is 14.2 Å². The van der Waals surface area contributed by atoms with Crippen molar-refractivity contribution in [1.82, 2.24) is 5.32 Å². The highest BCUT2D eigenvalue weighted by molar-refractivity contribution is 9.10. The van der Waals surface area contributed by atoms with Gasteiger partial charge in [0.2, 0.25) is 6.79 Å². The van der Waals surface area contributed by atoms with Crippen LogP contribution in [0.2, 0.25) is 10.0 Å². The van der Waals surface area contributed by atoms with Crippen molar-refractivity contribution in [3.05, 3.63) is 85.3 Å². The molecule has 3 aromatic carbocycles. The van der Waals surface area contributed by atoms with Crippen LogP contribution in [0.25, 0.3) is 6.08 Å². The van der Waals surface area contributed by atoms with Crippen LogP contribution in [0.15, 0.2) is 58.6 Å². The number of halogens is 3. The van der Waals surface area contributed by atoms with E-state index in [2.05, 4.69) is 21.2 Å². The van der Waals surface area contributed by atoms with Crippen molar-refractivity contribution in [2.24, 2.45) is 0 Å². The van der Waals surface area contributed by atoms with Crippen LogP contribution in [0.3, 0.4) is 0 Å². The van der Waals surface area contributed by atoms with Gasteiger partial charge >= 0.3 is 6.03 Å². The highest BCUT2D eigenvalue weighted by Gasteiger charge is 2.37. The fourth-order valence-electron chi connectivity index (χ4n) is 3.77. The Morgan fingerprint density at radius 2 is 1.81 bits per heavy atom. The highest BCUT2D eigenvalue weighted by Crippen LogP contribution is 2.37. The van der Waals surface area contributed by atoms with Gasteiger partial charge in [0, 0.05) is 5.02 Å². The molecular weight excluding hydrogens is 587 g/mol. The zero-order chi connectivity index (χ0) is 26.3. The number of anilines is 1. The van der Waals surface area contributed by atoms with Gasteiger partial charge in [-0.2, -0.15) is 0 Å². The van der Waals surface area contributed by atoms with Crippen LogP contribution in [-0.2, 0) is 16.2 Å². The van der Waals surface area contributed by atoms with E-state index < -0.39 is 17.8 Å². The normalized spacial score (nSPS) is 15.8. The molecule has 1 fully saturated rings. The van der Waals surface area contributed by atoms with Gasteiger partial charge in [-0.15, -0.1) is 0 Å². The van der Waals surface area contributed by atoms with E-state index in [0.717, 1.165) is 16.0 Å². The van der Waals surface area contributed by atoms with Crippen LogP contribution >= 0.6 is 39.1 Å². The van der Waals surface area contributed by atoms with Crippen LogP contribution in [-0.4, -0.2) is 24.6 Å². The number of fused-ring (bicyclic) bond motifs is 1. The molecule has 1 saturated heterocycles. The van der Waals surface area contributed by atoms with Crippen molar-refractivity contribution in [3.8, 4) is 17.2 Å². The molecule has 2 aliphatic rings. The topological polar surface area (TPSA) is 94.2 Å². The second kappa shape index (κ2) is 10.1. The number of hydrogen-bond donors (Lipinski definition) is 1. The molecule has 0 bridgehead atoms. The van der Waals surface area contributed by atoms with E-state index in [-0.39, 0.29) is 29.7 Å². The van der Waals surface area contributed by atoms with Crippen LogP contribution in [0.4, 0.5) is 10.5 Å². The second-order valence-electron chi connectivity index (χ2n) is 8.18. The van der Waals surface area contributed by atoms with Crippen LogP contribution in [0, 0.1) is 6.92 Å². The molecule has 2 heterocycles. The highest BCUT2D eigenvalue weighted by atomic mass is 79.9. The van der Waals surface area contributed by atoms with E-state index in [4.69, 9.17) is 37.4 Å². The third-order valence-corrected chi connectivity index (χ3v) is 6.94. The van der Waals surface area contributed by atoms with Gasteiger partial charge in [-0.1, -0.05) is 35.3 Å². The number of urea groups is 1. The standard InChI is InChI=1S/C26H17BrCl2N2O6/c1-13-2-4-16(10-19(13)28)31-25(33)17(24(32)30-26(31)34)6-15-7-18(27)23(20(29)8-15)35-11-14-3-5-21-22(9-14)37-12-36-21/h2-10H,11-12H2,1H3,(H,30,32,34)/b17-6-. The molecule has 5 rings (SSSR count). The first-order valence-electron chi connectivity index (χ1n) is 10.9. The molecular formula is C26H17BrCl2N2O6. The van der Waals surface area contributed by atoms with Crippen LogP contribution < -0.4 is 24.4 Å². The molecule has 0 aromatic heterocycles. The Labute approximate surface area is 229 Å². The molecule has 2 aliphatic heterocycles. The summed E-state index contributed by atoms with van der Waals surface area (Å²) in [4.78, 5) is 39.0. The number of nitrogens with one attached hydrogen (secondary N) is 1. The first kappa shape index (κ1) is 25.1. The quantitative estimate of drug-likeness (QED) is 0.282. The maximum Gasteiger partial charge on any atom is 0.335 e. The lowest BCUT2D eigenvalue weighted by atomic mass is 10.1. The third kappa shape index (κ3) is 5.02. The number of amides is 4. The summed E-state index contributed by atoms with van der Waals surface area (Å²) in [5.41, 5.74) is 2.07. The average molecular weight is 604 g/mol. The largest absolute Gasteiger partial charge is 0.486 e. The fraction of sp³-hybridized carbons (Fsp3) is 0.115. The van der Waals surface area contributed by atoms with Gasteiger partial charge in [-0.05, 0) is 82.0 Å². The summed E-state index contributed by atoms with van der Waals surface area (Å²) in [5.74, 6) is 0.0902. The maximum atomic E-state index is 13.2. The summed E-state index contributed by atoms with van der Waals surface area (Å²) in [6.07, 6.45) is 1.35. The molecule has 0 atom stereocenters. The monoisotopic (exact) mass is 602 g/mol. The number of aryl methyl sites for hydroxylation is 1. The van der Waals surface area contributed by atoms with Gasteiger partial charge in [0.15, 0.2) is 17.2 Å². The van der Waals surface area contributed by atoms with Crippen molar-refractivity contribution in [1.29, 1.82) is 0 Å². The summed E-state index contributed by atoms with van der Waals surface area (Å²) in [6, 6.07) is 12.6. The molecule has 37 heavy (non-hydrogen) atoms. The summed E-state index contributed by atoms with van der Waals surface area (Å²) < 4.78 is 17.1. The van der Waals surface area contributed by atoms with Crippen molar-refractivity contribution >= 4 is 68.7 Å². The van der Waals surface area contributed by atoms with Crippen LogP contribution in [0.1, 0.15) is 16.7 Å². The Morgan fingerprint density at radius 3 is 2.57 bits per heavy atom. The second-order valence-corrected chi connectivity index (χ2v) is 9.85. The number of carbonyl (C=O) groups excluding carboxylic acids is 3. The number of hydrogen-bond acceptors (Lipinski definition) is 6. The molecule has 0 spiro atoms. The van der Waals surface area contributed by atoms with Crippen molar-refractivity contribution in [3.63, 3.8) is 0 Å². The molecule has 1 N–H and O–H groups in total.